The van der Waals surface area contributed by atoms with Crippen LogP contribution in [0.4, 0.5) is 0 Å². The van der Waals surface area contributed by atoms with Crippen LogP contribution in [0.2, 0.25) is 0 Å². The molecule has 0 N–H and O–H groups in total. The number of esters is 1. The summed E-state index contributed by atoms with van der Waals surface area (Å²) in [4.78, 5) is 28.7. The van der Waals surface area contributed by atoms with E-state index in [0.29, 0.717) is 23.4 Å². The summed E-state index contributed by atoms with van der Waals surface area (Å²) in [5.74, 6) is -0.396. The van der Waals surface area contributed by atoms with E-state index in [-0.39, 0.29) is 11.6 Å². The van der Waals surface area contributed by atoms with Gasteiger partial charge in [0, 0.05) is 23.3 Å². The van der Waals surface area contributed by atoms with Crippen LogP contribution in [0.3, 0.4) is 0 Å². The topological polar surface area (TPSA) is 61.2 Å². The quantitative estimate of drug-likeness (QED) is 0.815. The van der Waals surface area contributed by atoms with Gasteiger partial charge >= 0.3 is 5.97 Å². The van der Waals surface area contributed by atoms with Gasteiger partial charge in [0.05, 0.1) is 18.2 Å². The van der Waals surface area contributed by atoms with E-state index in [2.05, 4.69) is 4.98 Å². The first kappa shape index (κ1) is 15.4. The van der Waals surface area contributed by atoms with Crippen LogP contribution in [0, 0.1) is 13.8 Å². The van der Waals surface area contributed by atoms with Gasteiger partial charge in [0.1, 0.15) is 5.01 Å². The van der Waals surface area contributed by atoms with Gasteiger partial charge in [-0.05, 0) is 33.3 Å². The Kier molecular flexibility index (Phi) is 4.57. The van der Waals surface area contributed by atoms with Crippen molar-refractivity contribution in [2.45, 2.75) is 33.7 Å². The van der Waals surface area contributed by atoms with E-state index in [1.165, 1.54) is 17.4 Å². The molecule has 0 spiro atoms. The summed E-state index contributed by atoms with van der Waals surface area (Å²) in [6.07, 6.45) is 1.71. The lowest BCUT2D eigenvalue weighted by molar-refractivity contribution is 0.0523. The highest BCUT2D eigenvalue weighted by atomic mass is 32.1. The highest BCUT2D eigenvalue weighted by Crippen LogP contribution is 2.22. The summed E-state index contributed by atoms with van der Waals surface area (Å²) in [7, 11) is 0. The molecule has 2 heterocycles. The Morgan fingerprint density at radius 2 is 2.19 bits per heavy atom. The van der Waals surface area contributed by atoms with Crippen LogP contribution in [-0.2, 0) is 4.74 Å². The van der Waals surface area contributed by atoms with Crippen LogP contribution in [0.15, 0.2) is 22.4 Å². The minimum atomic E-state index is -0.396. The molecular weight excluding hydrogens is 288 g/mol. The van der Waals surface area contributed by atoms with Crippen molar-refractivity contribution in [3.05, 3.63) is 49.8 Å². The lowest BCUT2D eigenvalue weighted by Gasteiger charge is -2.19. The maximum Gasteiger partial charge on any atom is 0.340 e. The van der Waals surface area contributed by atoms with Crippen molar-refractivity contribution in [3.8, 4) is 0 Å². The number of aryl methyl sites for hydroxylation is 1. The molecule has 0 aromatic carbocycles. The molecule has 112 valence electrons. The minimum absolute atomic E-state index is 0.138. The molecule has 2 aromatic rings. The Labute approximate surface area is 127 Å². The number of aromatic nitrogens is 2. The standard InChI is InChI=1S/C15H18N2O3S/c1-5-20-15(19)13-9(2)8-12(18)17(10(13)3)11(4)14-16-6-7-21-14/h6-8,11H,5H2,1-4H3. The molecule has 0 aliphatic rings. The second kappa shape index (κ2) is 6.22. The largest absolute Gasteiger partial charge is 0.462 e. The lowest BCUT2D eigenvalue weighted by atomic mass is 10.1. The normalized spacial score (nSPS) is 12.2. The molecule has 21 heavy (non-hydrogen) atoms. The maximum atomic E-state index is 12.3. The third-order valence-corrected chi connectivity index (χ3v) is 4.32. The van der Waals surface area contributed by atoms with Gasteiger partial charge in [0.15, 0.2) is 0 Å². The van der Waals surface area contributed by atoms with Gasteiger partial charge < -0.3 is 9.30 Å². The number of carbonyl (C=O) groups is 1. The van der Waals surface area contributed by atoms with Crippen molar-refractivity contribution in [1.29, 1.82) is 0 Å². The maximum absolute atomic E-state index is 12.3. The van der Waals surface area contributed by atoms with Gasteiger partial charge in [-0.25, -0.2) is 9.78 Å². The summed E-state index contributed by atoms with van der Waals surface area (Å²) in [5.41, 5.74) is 1.57. The zero-order valence-electron chi connectivity index (χ0n) is 12.5. The van der Waals surface area contributed by atoms with E-state index >= 15 is 0 Å². The number of carbonyl (C=O) groups excluding carboxylic acids is 1. The van der Waals surface area contributed by atoms with E-state index in [1.807, 2.05) is 12.3 Å². The molecule has 1 unspecified atom stereocenters. The van der Waals surface area contributed by atoms with Crippen molar-refractivity contribution in [2.75, 3.05) is 6.61 Å². The second-order valence-corrected chi connectivity index (χ2v) is 5.69. The predicted octanol–water partition coefficient (Wildman–Crippen LogP) is 2.71. The SMILES string of the molecule is CCOC(=O)c1c(C)cc(=O)n(C(C)c2nccs2)c1C. The number of ether oxygens (including phenoxy) is 1. The van der Waals surface area contributed by atoms with Crippen molar-refractivity contribution >= 4 is 17.3 Å². The molecule has 0 saturated heterocycles. The van der Waals surface area contributed by atoms with Crippen LogP contribution >= 0.6 is 11.3 Å². The van der Waals surface area contributed by atoms with Gasteiger partial charge in [-0.2, -0.15) is 0 Å². The number of nitrogens with zero attached hydrogens (tertiary/aromatic N) is 2. The minimum Gasteiger partial charge on any atom is -0.462 e. The van der Waals surface area contributed by atoms with Gasteiger partial charge in [0.25, 0.3) is 5.56 Å². The zero-order chi connectivity index (χ0) is 15.6. The smallest absolute Gasteiger partial charge is 0.340 e. The molecule has 5 nitrogen and oxygen atoms in total. The number of hydrogen-bond acceptors (Lipinski definition) is 5. The van der Waals surface area contributed by atoms with Crippen molar-refractivity contribution < 1.29 is 9.53 Å². The van der Waals surface area contributed by atoms with Crippen LogP contribution in [-0.4, -0.2) is 22.1 Å². The molecule has 2 aromatic heterocycles. The van der Waals surface area contributed by atoms with Crippen molar-refractivity contribution in [3.63, 3.8) is 0 Å². The monoisotopic (exact) mass is 306 g/mol. The number of pyridine rings is 1. The number of rotatable bonds is 4. The molecule has 0 aliphatic heterocycles. The molecule has 1 atom stereocenters. The summed E-state index contributed by atoms with van der Waals surface area (Å²) in [5, 5.41) is 2.70. The fourth-order valence-electron chi connectivity index (χ4n) is 2.44. The average Bonchev–Trinajstić information content (AvgIpc) is 2.91. The van der Waals surface area contributed by atoms with Crippen LogP contribution < -0.4 is 5.56 Å². The Morgan fingerprint density at radius 3 is 2.76 bits per heavy atom. The second-order valence-electron chi connectivity index (χ2n) is 4.76. The summed E-state index contributed by atoms with van der Waals surface area (Å²) >= 11 is 1.48. The molecule has 0 aliphatic carbocycles. The van der Waals surface area contributed by atoms with Crippen molar-refractivity contribution in [1.82, 2.24) is 9.55 Å². The third kappa shape index (κ3) is 2.90. The molecule has 0 fully saturated rings. The first-order chi connectivity index (χ1) is 9.97. The first-order valence-corrected chi connectivity index (χ1v) is 7.64. The van der Waals surface area contributed by atoms with E-state index < -0.39 is 5.97 Å². The predicted molar refractivity (Wildman–Crippen MR) is 82.1 cm³/mol. The molecular formula is C15H18N2O3S. The molecule has 0 bridgehead atoms. The van der Waals surface area contributed by atoms with Gasteiger partial charge in [-0.3, -0.25) is 4.79 Å². The van der Waals surface area contributed by atoms with Gasteiger partial charge in [-0.1, -0.05) is 0 Å². The Hall–Kier alpha value is -1.95. The third-order valence-electron chi connectivity index (χ3n) is 3.37. The molecule has 0 radical (unpaired) electrons. The lowest BCUT2D eigenvalue weighted by Crippen LogP contribution is -2.29. The summed E-state index contributed by atoms with van der Waals surface area (Å²) < 4.78 is 6.68. The fourth-order valence-corrected chi connectivity index (χ4v) is 3.13. The molecule has 0 amide bonds. The first-order valence-electron chi connectivity index (χ1n) is 6.76. The molecule has 2 rings (SSSR count). The van der Waals surface area contributed by atoms with Gasteiger partial charge in [0.2, 0.25) is 0 Å². The summed E-state index contributed by atoms with van der Waals surface area (Å²) in [6, 6.07) is 1.26. The highest BCUT2D eigenvalue weighted by molar-refractivity contribution is 7.09. The molecule has 0 saturated carbocycles. The average molecular weight is 306 g/mol. The number of thiazole rings is 1. The van der Waals surface area contributed by atoms with E-state index in [0.717, 1.165) is 5.01 Å². The fraction of sp³-hybridized carbons (Fsp3) is 0.400. The molecule has 6 heteroatoms. The Bertz CT molecular complexity index is 704. The van der Waals surface area contributed by atoms with Gasteiger partial charge in [-0.15, -0.1) is 11.3 Å². The zero-order valence-corrected chi connectivity index (χ0v) is 13.4. The van der Waals surface area contributed by atoms with E-state index in [4.69, 9.17) is 4.74 Å². The summed E-state index contributed by atoms with van der Waals surface area (Å²) in [6.45, 7) is 7.48. The Morgan fingerprint density at radius 1 is 1.48 bits per heavy atom. The highest BCUT2D eigenvalue weighted by Gasteiger charge is 2.21. The Balaban J connectivity index is 2.59. The van der Waals surface area contributed by atoms with E-state index in [9.17, 15) is 9.59 Å². The van der Waals surface area contributed by atoms with Crippen LogP contribution in [0.5, 0.6) is 0 Å². The van der Waals surface area contributed by atoms with Crippen LogP contribution in [0.1, 0.15) is 46.5 Å². The van der Waals surface area contributed by atoms with Crippen LogP contribution in [0.25, 0.3) is 0 Å². The van der Waals surface area contributed by atoms with E-state index in [1.54, 1.807) is 31.5 Å². The number of hydrogen-bond donors (Lipinski definition) is 0. The van der Waals surface area contributed by atoms with Crippen molar-refractivity contribution in [2.24, 2.45) is 0 Å².